The van der Waals surface area contributed by atoms with Gasteiger partial charge in [0.25, 0.3) is 5.69 Å². The highest BCUT2D eigenvalue weighted by Gasteiger charge is 2.38. The monoisotopic (exact) mass is 306 g/mol. The maximum absolute atomic E-state index is 11.1. The van der Waals surface area contributed by atoms with Crippen LogP contribution in [0.1, 0.15) is 24.0 Å². The van der Waals surface area contributed by atoms with Gasteiger partial charge in [-0.1, -0.05) is 12.1 Å². The van der Waals surface area contributed by atoms with Gasteiger partial charge >= 0.3 is 0 Å². The summed E-state index contributed by atoms with van der Waals surface area (Å²) in [6.45, 7) is 6.46. The zero-order valence-electron chi connectivity index (χ0n) is 12.9. The molecule has 0 unspecified atom stereocenters. The van der Waals surface area contributed by atoms with Gasteiger partial charge < -0.3 is 9.47 Å². The zero-order valence-corrected chi connectivity index (χ0v) is 12.9. The van der Waals surface area contributed by atoms with E-state index in [9.17, 15) is 10.1 Å². The lowest BCUT2D eigenvalue weighted by Gasteiger charge is -2.44. The van der Waals surface area contributed by atoms with Crippen molar-refractivity contribution >= 4 is 5.69 Å². The quantitative estimate of drug-likeness (QED) is 0.633. The molecule has 6 heteroatoms. The average molecular weight is 306 g/mol. The normalized spacial score (nSPS) is 21.9. The molecule has 2 heterocycles. The van der Waals surface area contributed by atoms with E-state index in [0.717, 1.165) is 51.3 Å². The second-order valence-electron chi connectivity index (χ2n) is 6.23. The predicted molar refractivity (Wildman–Crippen MR) is 81.8 cm³/mol. The zero-order chi connectivity index (χ0) is 15.6. The molecule has 1 spiro atoms. The Bertz CT molecular complexity index is 550. The Morgan fingerprint density at radius 1 is 1.32 bits per heavy atom. The standard InChI is InChI=1S/C16H22N2O4/c1-13-2-3-14(10-15(13)18(19)20)11-17-6-9-22-16(12-17)4-7-21-8-5-16/h2-3,10H,4-9,11-12H2,1H3. The number of nitro benzene ring substituents is 1. The Hall–Kier alpha value is -1.50. The highest BCUT2D eigenvalue weighted by atomic mass is 16.6. The first-order valence-electron chi connectivity index (χ1n) is 7.76. The van der Waals surface area contributed by atoms with Crippen LogP contribution in [0, 0.1) is 17.0 Å². The van der Waals surface area contributed by atoms with Gasteiger partial charge in [0.2, 0.25) is 0 Å². The molecule has 0 saturated carbocycles. The molecule has 2 aliphatic heterocycles. The van der Waals surface area contributed by atoms with Crippen LogP contribution in [-0.4, -0.2) is 48.3 Å². The second kappa shape index (κ2) is 6.32. The van der Waals surface area contributed by atoms with E-state index in [2.05, 4.69) is 4.90 Å². The Labute approximate surface area is 130 Å². The van der Waals surface area contributed by atoms with Crippen molar-refractivity contribution in [2.75, 3.05) is 32.9 Å². The third-order valence-electron chi connectivity index (χ3n) is 4.61. The maximum Gasteiger partial charge on any atom is 0.272 e. The minimum Gasteiger partial charge on any atom is -0.381 e. The topological polar surface area (TPSA) is 64.8 Å². The SMILES string of the molecule is Cc1ccc(CN2CCOC3(CCOCC3)C2)cc1[N+](=O)[O-]. The fraction of sp³-hybridized carbons (Fsp3) is 0.625. The number of ether oxygens (including phenoxy) is 2. The van der Waals surface area contributed by atoms with Crippen molar-refractivity contribution in [3.8, 4) is 0 Å². The number of morpholine rings is 1. The molecule has 0 amide bonds. The molecule has 120 valence electrons. The molecule has 2 aliphatic rings. The number of nitro groups is 1. The van der Waals surface area contributed by atoms with Gasteiger partial charge in [-0.25, -0.2) is 0 Å². The first kappa shape index (κ1) is 15.4. The van der Waals surface area contributed by atoms with E-state index in [1.807, 2.05) is 12.1 Å². The van der Waals surface area contributed by atoms with Crippen LogP contribution in [0.2, 0.25) is 0 Å². The summed E-state index contributed by atoms with van der Waals surface area (Å²) in [4.78, 5) is 13.1. The van der Waals surface area contributed by atoms with E-state index in [4.69, 9.17) is 9.47 Å². The smallest absolute Gasteiger partial charge is 0.272 e. The molecule has 2 saturated heterocycles. The van der Waals surface area contributed by atoms with Crippen molar-refractivity contribution in [1.82, 2.24) is 4.90 Å². The Morgan fingerprint density at radius 2 is 2.09 bits per heavy atom. The summed E-state index contributed by atoms with van der Waals surface area (Å²) in [6.07, 6.45) is 1.86. The molecule has 22 heavy (non-hydrogen) atoms. The van der Waals surface area contributed by atoms with E-state index < -0.39 is 0 Å². The first-order chi connectivity index (χ1) is 10.6. The fourth-order valence-corrected chi connectivity index (χ4v) is 3.31. The largest absolute Gasteiger partial charge is 0.381 e. The fourth-order valence-electron chi connectivity index (χ4n) is 3.31. The van der Waals surface area contributed by atoms with Crippen LogP contribution in [0.3, 0.4) is 0 Å². The van der Waals surface area contributed by atoms with E-state index in [1.165, 1.54) is 0 Å². The molecule has 6 nitrogen and oxygen atoms in total. The molecular weight excluding hydrogens is 284 g/mol. The molecule has 0 radical (unpaired) electrons. The third-order valence-corrected chi connectivity index (χ3v) is 4.61. The second-order valence-corrected chi connectivity index (χ2v) is 6.23. The van der Waals surface area contributed by atoms with E-state index in [1.54, 1.807) is 13.0 Å². The highest BCUT2D eigenvalue weighted by Crippen LogP contribution is 2.30. The molecule has 0 N–H and O–H groups in total. The van der Waals surface area contributed by atoms with E-state index in [0.29, 0.717) is 12.2 Å². The van der Waals surface area contributed by atoms with Crippen LogP contribution in [0.5, 0.6) is 0 Å². The lowest BCUT2D eigenvalue weighted by atomic mass is 9.92. The Balaban J connectivity index is 1.70. The van der Waals surface area contributed by atoms with Crippen LogP contribution < -0.4 is 0 Å². The van der Waals surface area contributed by atoms with Crippen LogP contribution >= 0.6 is 0 Å². The summed E-state index contributed by atoms with van der Waals surface area (Å²) in [5.41, 5.74) is 1.80. The minimum absolute atomic E-state index is 0.0901. The highest BCUT2D eigenvalue weighted by molar-refractivity contribution is 5.42. The van der Waals surface area contributed by atoms with Crippen molar-refractivity contribution < 1.29 is 14.4 Å². The third kappa shape index (κ3) is 3.29. The first-order valence-corrected chi connectivity index (χ1v) is 7.76. The Kier molecular flexibility index (Phi) is 4.42. The van der Waals surface area contributed by atoms with Crippen LogP contribution in [0.25, 0.3) is 0 Å². The lowest BCUT2D eigenvalue weighted by molar-refractivity contribution is -0.385. The summed E-state index contributed by atoms with van der Waals surface area (Å²) < 4.78 is 11.5. The molecule has 1 aromatic carbocycles. The number of benzene rings is 1. The van der Waals surface area contributed by atoms with Gasteiger partial charge in [0, 0.05) is 57.3 Å². The lowest BCUT2D eigenvalue weighted by Crippen LogP contribution is -2.54. The van der Waals surface area contributed by atoms with Crippen LogP contribution in [-0.2, 0) is 16.0 Å². The molecule has 1 aromatic rings. The molecule has 2 fully saturated rings. The Morgan fingerprint density at radius 3 is 2.82 bits per heavy atom. The van der Waals surface area contributed by atoms with Crippen molar-refractivity contribution in [2.24, 2.45) is 0 Å². The summed E-state index contributed by atoms with van der Waals surface area (Å²) in [5.74, 6) is 0. The number of rotatable bonds is 3. The summed E-state index contributed by atoms with van der Waals surface area (Å²) in [5, 5.41) is 11.1. The van der Waals surface area contributed by atoms with Crippen molar-refractivity contribution in [3.63, 3.8) is 0 Å². The summed E-state index contributed by atoms with van der Waals surface area (Å²) in [7, 11) is 0. The minimum atomic E-state index is -0.307. The van der Waals surface area contributed by atoms with E-state index in [-0.39, 0.29) is 16.2 Å². The number of aryl methyl sites for hydroxylation is 1. The number of hydrogen-bond donors (Lipinski definition) is 0. The summed E-state index contributed by atoms with van der Waals surface area (Å²) >= 11 is 0. The van der Waals surface area contributed by atoms with E-state index >= 15 is 0 Å². The van der Waals surface area contributed by atoms with Gasteiger partial charge in [0.15, 0.2) is 0 Å². The van der Waals surface area contributed by atoms with Crippen molar-refractivity contribution in [1.29, 1.82) is 0 Å². The maximum atomic E-state index is 11.1. The van der Waals surface area contributed by atoms with Gasteiger partial charge in [-0.3, -0.25) is 15.0 Å². The van der Waals surface area contributed by atoms with Crippen molar-refractivity contribution in [3.05, 3.63) is 39.4 Å². The van der Waals surface area contributed by atoms with Crippen LogP contribution in [0.15, 0.2) is 18.2 Å². The van der Waals surface area contributed by atoms with Crippen molar-refractivity contribution in [2.45, 2.75) is 31.9 Å². The number of nitrogens with zero attached hydrogens (tertiary/aromatic N) is 2. The van der Waals surface area contributed by atoms with Gasteiger partial charge in [-0.05, 0) is 12.5 Å². The van der Waals surface area contributed by atoms with Gasteiger partial charge in [0.05, 0.1) is 17.1 Å². The molecule has 0 atom stereocenters. The average Bonchev–Trinajstić information content (AvgIpc) is 2.50. The molecule has 0 aliphatic carbocycles. The van der Waals surface area contributed by atoms with Gasteiger partial charge in [-0.2, -0.15) is 0 Å². The summed E-state index contributed by atoms with van der Waals surface area (Å²) in [6, 6.07) is 5.51. The van der Waals surface area contributed by atoms with Gasteiger partial charge in [-0.15, -0.1) is 0 Å². The number of hydrogen-bond acceptors (Lipinski definition) is 5. The molecule has 0 bridgehead atoms. The molecule has 3 rings (SSSR count). The van der Waals surface area contributed by atoms with Crippen LogP contribution in [0.4, 0.5) is 5.69 Å². The van der Waals surface area contributed by atoms with Gasteiger partial charge in [0.1, 0.15) is 0 Å². The predicted octanol–water partition coefficient (Wildman–Crippen LogP) is 2.28. The molecule has 0 aromatic heterocycles. The molecular formula is C16H22N2O4.